The Bertz CT molecular complexity index is 446. The van der Waals surface area contributed by atoms with E-state index in [1.54, 1.807) is 23.5 Å². The molecule has 76 valence electrons. The summed E-state index contributed by atoms with van der Waals surface area (Å²) in [5.74, 6) is -0.0661. The van der Waals surface area contributed by atoms with E-state index in [1.165, 1.54) is 0 Å². The number of amides is 1. The summed E-state index contributed by atoms with van der Waals surface area (Å²) in [5.41, 5.74) is 0. The molecular formula is C10H7NO2S2. The van der Waals surface area contributed by atoms with Crippen molar-refractivity contribution in [2.75, 3.05) is 0 Å². The second kappa shape index (κ2) is 4.37. The normalized spacial score (nSPS) is 18.5. The van der Waals surface area contributed by atoms with Crippen molar-refractivity contribution >= 4 is 40.7 Å². The number of rotatable bonds is 2. The minimum Gasteiger partial charge on any atom is -0.426 e. The Hall–Kier alpha value is -1.46. The molecule has 1 aromatic heterocycles. The second-order valence-corrected chi connectivity index (χ2v) is 4.10. The van der Waals surface area contributed by atoms with Crippen LogP contribution in [0.1, 0.15) is 4.88 Å². The Balaban J connectivity index is 2.06. The number of thiophene rings is 1. The summed E-state index contributed by atoms with van der Waals surface area (Å²) in [6, 6.07) is 3.95. The molecular weight excluding hydrogens is 230 g/mol. The van der Waals surface area contributed by atoms with Crippen molar-refractivity contribution in [2.24, 2.45) is 0 Å². The van der Waals surface area contributed by atoms with Crippen molar-refractivity contribution in [1.82, 2.24) is 5.32 Å². The molecule has 1 amide bonds. The third kappa shape index (κ3) is 2.51. The number of allylic oxidation sites excluding steroid dienone is 2. The largest absolute Gasteiger partial charge is 0.426 e. The topological polar surface area (TPSA) is 38.3 Å². The summed E-state index contributed by atoms with van der Waals surface area (Å²) in [5, 5.41) is 4.48. The molecule has 1 aliphatic rings. The van der Waals surface area contributed by atoms with Gasteiger partial charge in [0.05, 0.1) is 0 Å². The van der Waals surface area contributed by atoms with Gasteiger partial charge >= 0.3 is 0 Å². The number of thiocarbonyl (C=S) groups is 1. The Labute approximate surface area is 96.1 Å². The summed E-state index contributed by atoms with van der Waals surface area (Å²) >= 11 is 6.31. The van der Waals surface area contributed by atoms with Crippen molar-refractivity contribution in [3.63, 3.8) is 0 Å². The summed E-state index contributed by atoms with van der Waals surface area (Å²) in [6.07, 6.45) is 5.25. The highest BCUT2D eigenvalue weighted by Gasteiger charge is 2.21. The maximum Gasteiger partial charge on any atom is 0.294 e. The Morgan fingerprint density at radius 3 is 3.00 bits per heavy atom. The molecule has 1 fully saturated rings. The van der Waals surface area contributed by atoms with E-state index in [0.29, 0.717) is 0 Å². The van der Waals surface area contributed by atoms with Gasteiger partial charge in [-0.15, -0.1) is 11.3 Å². The van der Waals surface area contributed by atoms with Crippen LogP contribution in [0.4, 0.5) is 0 Å². The number of nitrogens with one attached hydrogen (secondary N) is 1. The first-order valence-corrected chi connectivity index (χ1v) is 5.49. The first kappa shape index (κ1) is 10.1. The van der Waals surface area contributed by atoms with E-state index in [-0.39, 0.29) is 16.8 Å². The zero-order chi connectivity index (χ0) is 10.7. The maximum atomic E-state index is 11.2. The molecule has 1 aliphatic heterocycles. The highest BCUT2D eigenvalue weighted by molar-refractivity contribution is 7.80. The van der Waals surface area contributed by atoms with E-state index in [9.17, 15) is 4.79 Å². The lowest BCUT2D eigenvalue weighted by molar-refractivity contribution is -0.116. The molecule has 1 N–H and O–H groups in total. The zero-order valence-electron chi connectivity index (χ0n) is 7.60. The molecule has 0 aliphatic carbocycles. The SMILES string of the molecule is O=C1NC(=S)OC1=CC=Cc1cccs1. The molecule has 0 bridgehead atoms. The molecule has 5 heteroatoms. The third-order valence-corrected chi connectivity index (χ3v) is 2.72. The summed E-state index contributed by atoms with van der Waals surface area (Å²) in [7, 11) is 0. The average Bonchev–Trinajstić information content (AvgIpc) is 2.77. The van der Waals surface area contributed by atoms with Crippen LogP contribution < -0.4 is 5.32 Å². The van der Waals surface area contributed by atoms with Crippen molar-refractivity contribution in [3.05, 3.63) is 40.3 Å². The molecule has 0 spiro atoms. The van der Waals surface area contributed by atoms with Crippen LogP contribution in [-0.2, 0) is 9.53 Å². The first-order valence-electron chi connectivity index (χ1n) is 4.21. The van der Waals surface area contributed by atoms with Gasteiger partial charge in [-0.1, -0.05) is 12.1 Å². The van der Waals surface area contributed by atoms with Crippen LogP contribution >= 0.6 is 23.6 Å². The molecule has 3 nitrogen and oxygen atoms in total. The van der Waals surface area contributed by atoms with Crippen molar-refractivity contribution in [2.45, 2.75) is 0 Å². The third-order valence-electron chi connectivity index (χ3n) is 1.69. The predicted molar refractivity (Wildman–Crippen MR) is 63.3 cm³/mol. The molecule has 0 saturated carbocycles. The van der Waals surface area contributed by atoms with Crippen molar-refractivity contribution in [3.8, 4) is 0 Å². The lowest BCUT2D eigenvalue weighted by Gasteiger charge is -1.88. The van der Waals surface area contributed by atoms with Gasteiger partial charge < -0.3 is 4.74 Å². The summed E-state index contributed by atoms with van der Waals surface area (Å²) in [4.78, 5) is 12.3. The fraction of sp³-hybridized carbons (Fsp3) is 0. The molecule has 1 saturated heterocycles. The monoisotopic (exact) mass is 237 g/mol. The van der Waals surface area contributed by atoms with Gasteiger partial charge in [-0.2, -0.15) is 0 Å². The van der Waals surface area contributed by atoms with Gasteiger partial charge in [-0.25, -0.2) is 0 Å². The summed E-state index contributed by atoms with van der Waals surface area (Å²) < 4.78 is 4.98. The van der Waals surface area contributed by atoms with Crippen molar-refractivity contribution in [1.29, 1.82) is 0 Å². The Morgan fingerprint density at radius 2 is 2.40 bits per heavy atom. The Morgan fingerprint density at radius 1 is 1.53 bits per heavy atom. The van der Waals surface area contributed by atoms with E-state index in [0.717, 1.165) is 4.88 Å². The fourth-order valence-corrected chi connectivity index (χ4v) is 1.86. The van der Waals surface area contributed by atoms with E-state index < -0.39 is 0 Å². The van der Waals surface area contributed by atoms with Gasteiger partial charge in [0, 0.05) is 4.88 Å². The molecule has 0 unspecified atom stereocenters. The highest BCUT2D eigenvalue weighted by atomic mass is 32.1. The highest BCUT2D eigenvalue weighted by Crippen LogP contribution is 2.11. The van der Waals surface area contributed by atoms with Crippen LogP contribution in [0.15, 0.2) is 35.4 Å². The van der Waals surface area contributed by atoms with Gasteiger partial charge in [-0.05, 0) is 35.8 Å². The molecule has 0 radical (unpaired) electrons. The van der Waals surface area contributed by atoms with Crippen LogP contribution in [0.3, 0.4) is 0 Å². The minimum atomic E-state index is -0.296. The second-order valence-electron chi connectivity index (χ2n) is 2.75. The fourth-order valence-electron chi connectivity index (χ4n) is 1.05. The lowest BCUT2D eigenvalue weighted by Crippen LogP contribution is -2.18. The van der Waals surface area contributed by atoms with E-state index in [1.807, 2.05) is 23.6 Å². The average molecular weight is 237 g/mol. The number of ether oxygens (including phenoxy) is 1. The van der Waals surface area contributed by atoms with Crippen molar-refractivity contribution < 1.29 is 9.53 Å². The van der Waals surface area contributed by atoms with E-state index >= 15 is 0 Å². The number of hydrogen-bond donors (Lipinski definition) is 1. The van der Waals surface area contributed by atoms with Gasteiger partial charge in [0.15, 0.2) is 5.76 Å². The number of hydrogen-bond acceptors (Lipinski definition) is 4. The van der Waals surface area contributed by atoms with E-state index in [2.05, 4.69) is 17.5 Å². The number of carbonyl (C=O) groups excluding carboxylic acids is 1. The molecule has 0 aromatic carbocycles. The maximum absolute atomic E-state index is 11.2. The minimum absolute atomic E-state index is 0.107. The van der Waals surface area contributed by atoms with Crippen LogP contribution in [0.5, 0.6) is 0 Å². The van der Waals surface area contributed by atoms with Crippen LogP contribution in [-0.4, -0.2) is 11.1 Å². The molecule has 2 heterocycles. The zero-order valence-corrected chi connectivity index (χ0v) is 9.23. The van der Waals surface area contributed by atoms with E-state index in [4.69, 9.17) is 4.74 Å². The first-order chi connectivity index (χ1) is 7.25. The van der Waals surface area contributed by atoms with Gasteiger partial charge in [0.25, 0.3) is 11.1 Å². The van der Waals surface area contributed by atoms with Gasteiger partial charge in [-0.3, -0.25) is 10.1 Å². The lowest BCUT2D eigenvalue weighted by atomic mass is 10.3. The number of carbonyl (C=O) groups is 1. The van der Waals surface area contributed by atoms with Crippen LogP contribution in [0, 0.1) is 0 Å². The predicted octanol–water partition coefficient (Wildman–Crippen LogP) is 2.08. The summed E-state index contributed by atoms with van der Waals surface area (Å²) in [6.45, 7) is 0. The quantitative estimate of drug-likeness (QED) is 0.632. The molecule has 2 rings (SSSR count). The molecule has 0 atom stereocenters. The van der Waals surface area contributed by atoms with Gasteiger partial charge in [0.1, 0.15) is 0 Å². The molecule has 15 heavy (non-hydrogen) atoms. The smallest absolute Gasteiger partial charge is 0.294 e. The molecule has 1 aromatic rings. The van der Waals surface area contributed by atoms with Gasteiger partial charge in [0.2, 0.25) is 0 Å². The van der Waals surface area contributed by atoms with Crippen LogP contribution in [0.25, 0.3) is 6.08 Å². The Kier molecular flexibility index (Phi) is 2.94. The standard InChI is InChI=1S/C10H7NO2S2/c12-9-8(13-10(14)11-9)5-1-3-7-4-2-6-15-7/h1-6H,(H,11,12,14). The van der Waals surface area contributed by atoms with Crippen LogP contribution in [0.2, 0.25) is 0 Å².